The fourth-order valence-corrected chi connectivity index (χ4v) is 2.60. The van der Waals surface area contributed by atoms with Gasteiger partial charge in [-0.05, 0) is 64.4 Å². The van der Waals surface area contributed by atoms with Crippen molar-refractivity contribution in [2.24, 2.45) is 0 Å². The van der Waals surface area contributed by atoms with Gasteiger partial charge in [0.1, 0.15) is 5.75 Å². The van der Waals surface area contributed by atoms with E-state index in [9.17, 15) is 4.79 Å². The molecular formula is C17H26N2O2. The quantitative estimate of drug-likeness (QED) is 0.784. The highest BCUT2D eigenvalue weighted by Crippen LogP contribution is 2.17. The van der Waals surface area contributed by atoms with E-state index < -0.39 is 6.10 Å². The molecule has 4 nitrogen and oxygen atoms in total. The topological polar surface area (TPSA) is 41.6 Å². The van der Waals surface area contributed by atoms with E-state index >= 15 is 0 Å². The van der Waals surface area contributed by atoms with Gasteiger partial charge in [0, 0.05) is 6.54 Å². The monoisotopic (exact) mass is 290 g/mol. The first kappa shape index (κ1) is 15.8. The zero-order valence-corrected chi connectivity index (χ0v) is 13.1. The molecule has 0 saturated carbocycles. The highest BCUT2D eigenvalue weighted by Gasteiger charge is 2.15. The van der Waals surface area contributed by atoms with Crippen molar-refractivity contribution >= 4 is 5.91 Å². The fourth-order valence-electron chi connectivity index (χ4n) is 2.60. The van der Waals surface area contributed by atoms with Crippen molar-refractivity contribution in [3.05, 3.63) is 29.8 Å². The summed E-state index contributed by atoms with van der Waals surface area (Å²) in [5.74, 6) is 0.733. The van der Waals surface area contributed by atoms with Crippen LogP contribution < -0.4 is 10.1 Å². The minimum atomic E-state index is -0.460. The van der Waals surface area contributed by atoms with E-state index in [0.29, 0.717) is 0 Å². The SMILES string of the molecule is Cc1ccccc1O[C@@H](C)C(=O)NCCCN1CCCC1. The Morgan fingerprint density at radius 1 is 1.33 bits per heavy atom. The zero-order valence-electron chi connectivity index (χ0n) is 13.1. The maximum absolute atomic E-state index is 12.0. The smallest absolute Gasteiger partial charge is 0.260 e. The molecule has 0 radical (unpaired) electrons. The molecule has 1 aromatic rings. The predicted molar refractivity (Wildman–Crippen MR) is 84.6 cm³/mol. The molecule has 1 saturated heterocycles. The summed E-state index contributed by atoms with van der Waals surface area (Å²) in [6.45, 7) is 7.99. The van der Waals surface area contributed by atoms with Gasteiger partial charge in [-0.2, -0.15) is 0 Å². The van der Waals surface area contributed by atoms with Crippen LogP contribution in [0.2, 0.25) is 0 Å². The number of carbonyl (C=O) groups is 1. The number of hydrogen-bond acceptors (Lipinski definition) is 3. The number of nitrogens with one attached hydrogen (secondary N) is 1. The van der Waals surface area contributed by atoms with Crippen molar-refractivity contribution < 1.29 is 9.53 Å². The Hall–Kier alpha value is -1.55. The number of carbonyl (C=O) groups excluding carboxylic acids is 1. The Balaban J connectivity index is 1.66. The molecule has 1 N–H and O–H groups in total. The highest BCUT2D eigenvalue weighted by molar-refractivity contribution is 5.80. The lowest BCUT2D eigenvalue weighted by molar-refractivity contribution is -0.127. The molecule has 1 aliphatic rings. The lowest BCUT2D eigenvalue weighted by atomic mass is 10.2. The molecule has 0 aromatic heterocycles. The Morgan fingerprint density at radius 2 is 2.05 bits per heavy atom. The second-order valence-electron chi connectivity index (χ2n) is 5.72. The summed E-state index contributed by atoms with van der Waals surface area (Å²) in [6, 6.07) is 7.76. The predicted octanol–water partition coefficient (Wildman–Crippen LogP) is 2.36. The summed E-state index contributed by atoms with van der Waals surface area (Å²) in [5, 5.41) is 2.96. The van der Waals surface area contributed by atoms with E-state index in [-0.39, 0.29) is 5.91 Å². The molecule has 2 rings (SSSR count). The molecule has 1 fully saturated rings. The van der Waals surface area contributed by atoms with Crippen LogP contribution in [0.4, 0.5) is 0 Å². The molecular weight excluding hydrogens is 264 g/mol. The van der Waals surface area contributed by atoms with E-state index in [1.165, 1.54) is 25.9 Å². The third-order valence-corrected chi connectivity index (χ3v) is 3.92. The van der Waals surface area contributed by atoms with Crippen molar-refractivity contribution in [1.29, 1.82) is 0 Å². The maximum Gasteiger partial charge on any atom is 0.260 e. The van der Waals surface area contributed by atoms with E-state index in [4.69, 9.17) is 4.74 Å². The molecule has 1 amide bonds. The van der Waals surface area contributed by atoms with Gasteiger partial charge in [-0.3, -0.25) is 4.79 Å². The van der Waals surface area contributed by atoms with Crippen LogP contribution in [0.1, 0.15) is 31.7 Å². The van der Waals surface area contributed by atoms with Crippen molar-refractivity contribution in [1.82, 2.24) is 10.2 Å². The van der Waals surface area contributed by atoms with Crippen molar-refractivity contribution in [2.75, 3.05) is 26.2 Å². The standard InChI is InChI=1S/C17H26N2O2/c1-14-8-3-4-9-16(14)21-15(2)17(20)18-10-7-13-19-11-5-6-12-19/h3-4,8-9,15H,5-7,10-13H2,1-2H3,(H,18,20)/t15-/m0/s1. The van der Waals surface area contributed by atoms with Gasteiger partial charge >= 0.3 is 0 Å². The molecule has 21 heavy (non-hydrogen) atoms. The van der Waals surface area contributed by atoms with E-state index in [2.05, 4.69) is 10.2 Å². The Labute approximate surface area is 127 Å². The Kier molecular flexibility index (Phi) is 6.05. The summed E-state index contributed by atoms with van der Waals surface area (Å²) >= 11 is 0. The van der Waals surface area contributed by atoms with Gasteiger partial charge in [-0.1, -0.05) is 18.2 Å². The third kappa shape index (κ3) is 5.05. The molecule has 4 heteroatoms. The summed E-state index contributed by atoms with van der Waals surface area (Å²) in [6.07, 6.45) is 3.17. The number of benzene rings is 1. The number of amides is 1. The summed E-state index contributed by atoms with van der Waals surface area (Å²) < 4.78 is 5.71. The lowest BCUT2D eigenvalue weighted by Crippen LogP contribution is -2.37. The normalized spacial score (nSPS) is 16.7. The first-order chi connectivity index (χ1) is 10.2. The molecule has 1 atom stereocenters. The summed E-state index contributed by atoms with van der Waals surface area (Å²) in [4.78, 5) is 14.5. The van der Waals surface area contributed by atoms with Crippen LogP contribution in [0.3, 0.4) is 0 Å². The molecule has 0 aliphatic carbocycles. The minimum Gasteiger partial charge on any atom is -0.481 e. The van der Waals surface area contributed by atoms with Crippen LogP contribution in [-0.2, 0) is 4.79 Å². The molecule has 1 heterocycles. The molecule has 0 spiro atoms. The van der Waals surface area contributed by atoms with Gasteiger partial charge in [0.25, 0.3) is 5.91 Å². The number of likely N-dealkylation sites (tertiary alicyclic amines) is 1. The number of nitrogens with zero attached hydrogens (tertiary/aromatic N) is 1. The maximum atomic E-state index is 12.0. The van der Waals surface area contributed by atoms with E-state index in [1.54, 1.807) is 6.92 Å². The first-order valence-electron chi connectivity index (χ1n) is 7.89. The second kappa shape index (κ2) is 8.03. The minimum absolute atomic E-state index is 0.0420. The number of ether oxygens (including phenoxy) is 1. The summed E-state index contributed by atoms with van der Waals surface area (Å²) in [5.41, 5.74) is 1.05. The first-order valence-corrected chi connectivity index (χ1v) is 7.89. The van der Waals surface area contributed by atoms with Crippen molar-refractivity contribution in [2.45, 2.75) is 39.2 Å². The van der Waals surface area contributed by atoms with Gasteiger partial charge in [-0.15, -0.1) is 0 Å². The summed E-state index contributed by atoms with van der Waals surface area (Å²) in [7, 11) is 0. The van der Waals surface area contributed by atoms with Crippen LogP contribution >= 0.6 is 0 Å². The average molecular weight is 290 g/mol. The molecule has 1 aliphatic heterocycles. The van der Waals surface area contributed by atoms with Crippen LogP contribution in [0.15, 0.2) is 24.3 Å². The van der Waals surface area contributed by atoms with E-state index in [1.807, 2.05) is 31.2 Å². The average Bonchev–Trinajstić information content (AvgIpc) is 2.99. The number of para-hydroxylation sites is 1. The molecule has 116 valence electrons. The zero-order chi connectivity index (χ0) is 15.1. The van der Waals surface area contributed by atoms with Gasteiger partial charge in [0.2, 0.25) is 0 Å². The van der Waals surface area contributed by atoms with Crippen LogP contribution in [0.5, 0.6) is 5.75 Å². The lowest BCUT2D eigenvalue weighted by Gasteiger charge is -2.17. The third-order valence-electron chi connectivity index (χ3n) is 3.92. The van der Waals surface area contributed by atoms with Gasteiger partial charge in [0.05, 0.1) is 0 Å². The Morgan fingerprint density at radius 3 is 2.76 bits per heavy atom. The number of rotatable bonds is 7. The van der Waals surface area contributed by atoms with Gasteiger partial charge in [0.15, 0.2) is 6.10 Å². The Bertz CT molecular complexity index is 456. The second-order valence-corrected chi connectivity index (χ2v) is 5.72. The van der Waals surface area contributed by atoms with Gasteiger partial charge < -0.3 is 15.0 Å². The number of hydrogen-bond donors (Lipinski definition) is 1. The highest BCUT2D eigenvalue weighted by atomic mass is 16.5. The van der Waals surface area contributed by atoms with Crippen molar-refractivity contribution in [3.8, 4) is 5.75 Å². The van der Waals surface area contributed by atoms with Crippen LogP contribution in [-0.4, -0.2) is 43.1 Å². The fraction of sp³-hybridized carbons (Fsp3) is 0.588. The van der Waals surface area contributed by atoms with Crippen LogP contribution in [0.25, 0.3) is 0 Å². The van der Waals surface area contributed by atoms with Crippen LogP contribution in [0, 0.1) is 6.92 Å². The molecule has 0 bridgehead atoms. The molecule has 1 aromatic carbocycles. The molecule has 0 unspecified atom stereocenters. The van der Waals surface area contributed by atoms with Crippen molar-refractivity contribution in [3.63, 3.8) is 0 Å². The van der Waals surface area contributed by atoms with E-state index in [0.717, 1.165) is 30.8 Å². The van der Waals surface area contributed by atoms with Gasteiger partial charge in [-0.25, -0.2) is 0 Å². The largest absolute Gasteiger partial charge is 0.481 e. The number of aryl methyl sites for hydroxylation is 1.